The van der Waals surface area contributed by atoms with Gasteiger partial charge in [0.05, 0.1) is 19.4 Å². The van der Waals surface area contributed by atoms with Gasteiger partial charge in [0.2, 0.25) is 0 Å². The van der Waals surface area contributed by atoms with Crippen LogP contribution in [-0.4, -0.2) is 47.8 Å². The number of hydrogen-bond acceptors (Lipinski definition) is 6. The van der Waals surface area contributed by atoms with E-state index in [0.717, 1.165) is 71.9 Å². The lowest BCUT2D eigenvalue weighted by Gasteiger charge is -2.43. The Kier molecular flexibility index (Phi) is 5.03. The number of rotatable bonds is 4. The fraction of sp³-hybridized carbons (Fsp3) is 0.423. The van der Waals surface area contributed by atoms with Crippen LogP contribution in [0.1, 0.15) is 48.0 Å². The Morgan fingerprint density at radius 3 is 2.79 bits per heavy atom. The highest BCUT2D eigenvalue weighted by atomic mass is 16.8. The van der Waals surface area contributed by atoms with E-state index in [9.17, 15) is 4.79 Å². The van der Waals surface area contributed by atoms with Gasteiger partial charge in [-0.1, -0.05) is 18.2 Å². The number of benzene rings is 2. The molecule has 1 N–H and O–H groups in total. The first-order valence-electron chi connectivity index (χ1n) is 11.9. The molecule has 3 aliphatic rings. The fourth-order valence-electron chi connectivity index (χ4n) is 4.93. The van der Waals surface area contributed by atoms with E-state index in [-0.39, 0.29) is 5.91 Å². The standard InChI is InChI=1S/C26H28N4O3/c1-17-4-5-19(25(31)28-21-8-9-21)15-22(17)18-6-7-20-16-27-29-24(23(20)14-18)30-11-3-2-10-26(30)32-12-13-33-26/h4-7,14-16,21H,2-3,8-13H2,1H3,(H,28,31). The Hall–Kier alpha value is -3.03. The van der Waals surface area contributed by atoms with Crippen molar-refractivity contribution in [3.8, 4) is 11.1 Å². The summed E-state index contributed by atoms with van der Waals surface area (Å²) in [7, 11) is 0. The quantitative estimate of drug-likeness (QED) is 0.650. The Morgan fingerprint density at radius 2 is 1.97 bits per heavy atom. The maximum Gasteiger partial charge on any atom is 0.253 e. The largest absolute Gasteiger partial charge is 0.349 e. The van der Waals surface area contributed by atoms with Gasteiger partial charge in [0, 0.05) is 35.3 Å². The van der Waals surface area contributed by atoms with Crippen LogP contribution in [0.25, 0.3) is 21.9 Å². The third-order valence-corrected chi connectivity index (χ3v) is 6.90. The third-order valence-electron chi connectivity index (χ3n) is 6.90. The summed E-state index contributed by atoms with van der Waals surface area (Å²) >= 11 is 0. The van der Waals surface area contributed by atoms with Crippen molar-refractivity contribution in [1.82, 2.24) is 15.5 Å². The molecule has 0 bridgehead atoms. The Balaban J connectivity index is 1.42. The SMILES string of the molecule is Cc1ccc(C(=O)NC2CC2)cc1-c1ccc2cnnc(N3CCCCC34OCCO4)c2c1. The summed E-state index contributed by atoms with van der Waals surface area (Å²) in [6, 6.07) is 12.6. The van der Waals surface area contributed by atoms with Gasteiger partial charge in [-0.05, 0) is 67.5 Å². The van der Waals surface area contributed by atoms with Crippen molar-refractivity contribution >= 4 is 22.5 Å². The predicted molar refractivity (Wildman–Crippen MR) is 126 cm³/mol. The molecule has 33 heavy (non-hydrogen) atoms. The van der Waals surface area contributed by atoms with Gasteiger partial charge in [-0.25, -0.2) is 0 Å². The number of aryl methyl sites for hydroxylation is 1. The molecule has 7 heteroatoms. The van der Waals surface area contributed by atoms with Crippen LogP contribution in [-0.2, 0) is 9.47 Å². The average Bonchev–Trinajstić information content (AvgIpc) is 3.54. The summed E-state index contributed by atoms with van der Waals surface area (Å²) in [5.41, 5.74) is 3.91. The Bertz CT molecular complexity index is 1220. The molecular formula is C26H28N4O3. The molecule has 1 aromatic heterocycles. The molecule has 2 saturated heterocycles. The van der Waals surface area contributed by atoms with Crippen LogP contribution in [0.2, 0.25) is 0 Å². The molecule has 2 aliphatic heterocycles. The minimum atomic E-state index is -0.742. The van der Waals surface area contributed by atoms with E-state index in [1.165, 1.54) is 0 Å². The summed E-state index contributed by atoms with van der Waals surface area (Å²) < 4.78 is 12.2. The number of nitrogens with one attached hydrogen (secondary N) is 1. The van der Waals surface area contributed by atoms with Crippen LogP contribution >= 0.6 is 0 Å². The number of ether oxygens (including phenoxy) is 2. The van der Waals surface area contributed by atoms with Crippen molar-refractivity contribution < 1.29 is 14.3 Å². The van der Waals surface area contributed by atoms with Gasteiger partial charge in [0.25, 0.3) is 11.8 Å². The van der Waals surface area contributed by atoms with Crippen LogP contribution in [0.15, 0.2) is 42.6 Å². The molecule has 3 heterocycles. The predicted octanol–water partition coefficient (Wildman–Crippen LogP) is 4.19. The lowest BCUT2D eigenvalue weighted by molar-refractivity contribution is -0.170. The first kappa shape index (κ1) is 20.6. The van der Waals surface area contributed by atoms with Gasteiger partial charge in [-0.2, -0.15) is 5.10 Å². The van der Waals surface area contributed by atoms with Crippen LogP contribution in [0.4, 0.5) is 5.82 Å². The van der Waals surface area contributed by atoms with Crippen molar-refractivity contribution in [1.29, 1.82) is 0 Å². The molecule has 1 spiro atoms. The summed E-state index contributed by atoms with van der Waals surface area (Å²) in [4.78, 5) is 14.8. The van der Waals surface area contributed by atoms with Gasteiger partial charge in [-0.3, -0.25) is 4.79 Å². The van der Waals surface area contributed by atoms with E-state index in [4.69, 9.17) is 9.47 Å². The molecule has 1 saturated carbocycles. The number of nitrogens with zero attached hydrogens (tertiary/aromatic N) is 3. The minimum Gasteiger partial charge on any atom is -0.349 e. The number of fused-ring (bicyclic) bond motifs is 1. The first-order chi connectivity index (χ1) is 16.1. The molecule has 170 valence electrons. The second kappa shape index (κ2) is 8.08. The molecule has 3 fully saturated rings. The minimum absolute atomic E-state index is 0.00288. The number of piperidine rings is 1. The summed E-state index contributed by atoms with van der Waals surface area (Å²) in [6.07, 6.45) is 6.89. The van der Waals surface area contributed by atoms with E-state index in [2.05, 4.69) is 45.5 Å². The third kappa shape index (κ3) is 3.75. The molecule has 6 rings (SSSR count). The zero-order valence-electron chi connectivity index (χ0n) is 18.8. The maximum absolute atomic E-state index is 12.6. The highest BCUT2D eigenvalue weighted by molar-refractivity contribution is 5.98. The van der Waals surface area contributed by atoms with Crippen molar-refractivity contribution in [3.05, 3.63) is 53.7 Å². The highest BCUT2D eigenvalue weighted by Gasteiger charge is 2.45. The Labute approximate surface area is 193 Å². The second-order valence-electron chi connectivity index (χ2n) is 9.27. The van der Waals surface area contributed by atoms with Gasteiger partial charge in [-0.15, -0.1) is 5.10 Å². The molecule has 1 amide bonds. The maximum atomic E-state index is 12.6. The van der Waals surface area contributed by atoms with E-state index in [1.54, 1.807) is 6.20 Å². The molecule has 1 aliphatic carbocycles. The second-order valence-corrected chi connectivity index (χ2v) is 9.27. The smallest absolute Gasteiger partial charge is 0.253 e. The van der Waals surface area contributed by atoms with Crippen LogP contribution in [0, 0.1) is 6.92 Å². The van der Waals surface area contributed by atoms with Crippen molar-refractivity contribution in [2.45, 2.75) is 51.0 Å². The normalized spacial score (nSPS) is 19.8. The van der Waals surface area contributed by atoms with Crippen molar-refractivity contribution in [3.63, 3.8) is 0 Å². The molecule has 0 atom stereocenters. The van der Waals surface area contributed by atoms with E-state index in [1.807, 2.05) is 18.2 Å². The zero-order valence-corrected chi connectivity index (χ0v) is 18.8. The summed E-state index contributed by atoms with van der Waals surface area (Å²) in [5.74, 6) is 0.0432. The number of carbonyl (C=O) groups is 1. The Morgan fingerprint density at radius 1 is 1.12 bits per heavy atom. The van der Waals surface area contributed by atoms with E-state index >= 15 is 0 Å². The van der Waals surface area contributed by atoms with Gasteiger partial charge >= 0.3 is 0 Å². The number of amides is 1. The average molecular weight is 445 g/mol. The summed E-state index contributed by atoms with van der Waals surface area (Å²) in [6.45, 7) is 4.07. The summed E-state index contributed by atoms with van der Waals surface area (Å²) in [5, 5.41) is 13.9. The van der Waals surface area contributed by atoms with Crippen LogP contribution < -0.4 is 10.2 Å². The molecule has 0 unspecified atom stereocenters. The molecule has 3 aromatic rings. The molecule has 0 radical (unpaired) electrons. The number of anilines is 1. The van der Waals surface area contributed by atoms with Crippen molar-refractivity contribution in [2.24, 2.45) is 0 Å². The van der Waals surface area contributed by atoms with Crippen molar-refractivity contribution in [2.75, 3.05) is 24.7 Å². The first-order valence-corrected chi connectivity index (χ1v) is 11.9. The van der Waals surface area contributed by atoms with E-state index in [0.29, 0.717) is 24.8 Å². The zero-order chi connectivity index (χ0) is 22.4. The number of aromatic nitrogens is 2. The van der Waals surface area contributed by atoms with Gasteiger partial charge < -0.3 is 19.7 Å². The highest BCUT2D eigenvalue weighted by Crippen LogP contribution is 2.40. The monoisotopic (exact) mass is 444 g/mol. The topological polar surface area (TPSA) is 76.6 Å². The lowest BCUT2D eigenvalue weighted by Crippen LogP contribution is -2.53. The van der Waals surface area contributed by atoms with Gasteiger partial charge in [0.15, 0.2) is 5.82 Å². The van der Waals surface area contributed by atoms with Crippen LogP contribution in [0.3, 0.4) is 0 Å². The van der Waals surface area contributed by atoms with E-state index < -0.39 is 5.91 Å². The molecular weight excluding hydrogens is 416 g/mol. The van der Waals surface area contributed by atoms with Gasteiger partial charge in [0.1, 0.15) is 0 Å². The molecule has 7 nitrogen and oxygen atoms in total. The number of hydrogen-bond donors (Lipinski definition) is 1. The fourth-order valence-corrected chi connectivity index (χ4v) is 4.93. The van der Waals surface area contributed by atoms with Crippen LogP contribution in [0.5, 0.6) is 0 Å². The lowest BCUT2D eigenvalue weighted by atomic mass is 9.96. The molecule has 2 aromatic carbocycles. The number of carbonyl (C=O) groups excluding carboxylic acids is 1.